The van der Waals surface area contributed by atoms with Crippen LogP contribution in [-0.4, -0.2) is 59.8 Å². The fraction of sp³-hybridized carbons (Fsp3) is 0.571. The Morgan fingerprint density at radius 1 is 1.32 bits per heavy atom. The Morgan fingerprint density at radius 3 is 2.63 bits per heavy atom. The van der Waals surface area contributed by atoms with Crippen LogP contribution >= 0.6 is 27.5 Å². The summed E-state index contributed by atoms with van der Waals surface area (Å²) in [6.45, 7) is 5.42. The van der Waals surface area contributed by atoms with E-state index in [1.165, 1.54) is 0 Å². The third kappa shape index (κ3) is 2.98. The molecule has 104 valence electrons. The molecule has 3 nitrogen and oxygen atoms in total. The van der Waals surface area contributed by atoms with E-state index in [9.17, 15) is 5.11 Å². The molecule has 4 rings (SSSR count). The molecule has 3 aliphatic rings. The molecule has 0 radical (unpaired) electrons. The van der Waals surface area contributed by atoms with E-state index in [4.69, 9.17) is 11.6 Å². The van der Waals surface area contributed by atoms with Gasteiger partial charge in [0.1, 0.15) is 0 Å². The van der Waals surface area contributed by atoms with E-state index in [2.05, 4.69) is 25.7 Å². The average molecular weight is 346 g/mol. The van der Waals surface area contributed by atoms with Crippen molar-refractivity contribution in [1.82, 2.24) is 9.80 Å². The van der Waals surface area contributed by atoms with Crippen molar-refractivity contribution >= 4 is 27.5 Å². The van der Waals surface area contributed by atoms with E-state index in [0.717, 1.165) is 47.8 Å². The predicted molar refractivity (Wildman–Crippen MR) is 80.7 cm³/mol. The summed E-state index contributed by atoms with van der Waals surface area (Å²) in [4.78, 5) is 4.86. The van der Waals surface area contributed by atoms with Gasteiger partial charge >= 0.3 is 0 Å². The molecule has 0 amide bonds. The maximum Gasteiger partial charge on any atom is 0.0748 e. The van der Waals surface area contributed by atoms with Crippen LogP contribution in [0, 0.1) is 0 Å². The molecule has 2 unspecified atom stereocenters. The molecule has 1 aromatic rings. The Bertz CT molecular complexity index is 463. The van der Waals surface area contributed by atoms with Crippen LogP contribution in [0.25, 0.3) is 0 Å². The van der Waals surface area contributed by atoms with Crippen molar-refractivity contribution < 1.29 is 5.11 Å². The van der Waals surface area contributed by atoms with E-state index in [1.807, 2.05) is 18.2 Å². The van der Waals surface area contributed by atoms with E-state index >= 15 is 0 Å². The third-order valence-electron chi connectivity index (χ3n) is 4.21. The number of hydrogen-bond donors (Lipinski definition) is 1. The molecule has 1 aromatic carbocycles. The summed E-state index contributed by atoms with van der Waals surface area (Å²) in [5.41, 5.74) is 1.02. The Labute approximate surface area is 127 Å². The zero-order chi connectivity index (χ0) is 13.4. The van der Waals surface area contributed by atoms with Gasteiger partial charge in [-0.2, -0.15) is 0 Å². The number of rotatable bonds is 3. The van der Waals surface area contributed by atoms with Crippen LogP contribution in [0.1, 0.15) is 5.56 Å². The fourth-order valence-electron chi connectivity index (χ4n) is 3.07. The molecular weight excluding hydrogens is 328 g/mol. The second kappa shape index (κ2) is 5.70. The molecule has 0 saturated carbocycles. The van der Waals surface area contributed by atoms with Crippen LogP contribution in [0.5, 0.6) is 0 Å². The lowest BCUT2D eigenvalue weighted by Crippen LogP contribution is -2.64. The van der Waals surface area contributed by atoms with E-state index < -0.39 is 0 Å². The molecule has 3 saturated heterocycles. The maximum absolute atomic E-state index is 10.5. The summed E-state index contributed by atoms with van der Waals surface area (Å²) in [6.07, 6.45) is 0.281. The van der Waals surface area contributed by atoms with Gasteiger partial charge in [0, 0.05) is 54.7 Å². The Balaban J connectivity index is 1.69. The molecule has 2 atom stereocenters. The van der Waals surface area contributed by atoms with Crippen LogP contribution in [0.3, 0.4) is 0 Å². The lowest BCUT2D eigenvalue weighted by molar-refractivity contribution is -0.0453. The minimum absolute atomic E-state index is 0.252. The number of aliphatic hydroxyl groups is 1. The van der Waals surface area contributed by atoms with Gasteiger partial charge in [-0.1, -0.05) is 33.6 Å². The topological polar surface area (TPSA) is 26.7 Å². The largest absolute Gasteiger partial charge is 0.391 e. The van der Waals surface area contributed by atoms with Gasteiger partial charge in [-0.25, -0.2) is 0 Å². The van der Waals surface area contributed by atoms with Gasteiger partial charge in [-0.05, 0) is 17.7 Å². The molecular formula is C14H18BrClN2O. The molecule has 19 heavy (non-hydrogen) atoms. The summed E-state index contributed by atoms with van der Waals surface area (Å²) in [6, 6.07) is 6.11. The van der Waals surface area contributed by atoms with Gasteiger partial charge in [0.2, 0.25) is 0 Å². The van der Waals surface area contributed by atoms with Crippen molar-refractivity contribution in [3.05, 3.63) is 33.3 Å². The molecule has 3 fully saturated rings. The Morgan fingerprint density at radius 2 is 2.05 bits per heavy atom. The van der Waals surface area contributed by atoms with Crippen LogP contribution < -0.4 is 0 Å². The minimum atomic E-state index is -0.346. The number of fused-ring (bicyclic) bond motifs is 3. The van der Waals surface area contributed by atoms with E-state index in [0.29, 0.717) is 6.42 Å². The van der Waals surface area contributed by atoms with Gasteiger partial charge in [0.25, 0.3) is 0 Å². The van der Waals surface area contributed by atoms with E-state index in [1.54, 1.807) is 0 Å². The van der Waals surface area contributed by atoms with Gasteiger partial charge in [0.15, 0.2) is 0 Å². The highest BCUT2D eigenvalue weighted by atomic mass is 79.9. The number of piperazine rings is 3. The summed E-state index contributed by atoms with van der Waals surface area (Å²) < 4.78 is 0.974. The second-order valence-corrected chi connectivity index (χ2v) is 6.73. The first kappa shape index (κ1) is 13.8. The number of benzene rings is 1. The van der Waals surface area contributed by atoms with Crippen molar-refractivity contribution in [2.45, 2.75) is 18.6 Å². The zero-order valence-electron chi connectivity index (χ0n) is 10.7. The maximum atomic E-state index is 10.5. The van der Waals surface area contributed by atoms with Crippen molar-refractivity contribution in [2.75, 3.05) is 32.7 Å². The molecule has 0 spiro atoms. The predicted octanol–water partition coefficient (Wildman–Crippen LogP) is 2.01. The van der Waals surface area contributed by atoms with Crippen molar-refractivity contribution in [2.24, 2.45) is 0 Å². The monoisotopic (exact) mass is 344 g/mol. The normalized spacial score (nSPS) is 31.4. The Hall–Kier alpha value is -0.130. The minimum Gasteiger partial charge on any atom is -0.391 e. The fourth-order valence-corrected chi connectivity index (χ4v) is 3.82. The SMILES string of the molecule is OC(Cc1ccc(Br)cc1Cl)C1CN2CCN1CC2. The molecule has 2 bridgehead atoms. The standard InChI is InChI=1S/C14H18BrClN2O/c15-11-2-1-10(12(16)8-11)7-14(19)13-9-17-3-5-18(13)6-4-17/h1-2,8,13-14,19H,3-7,9H2. The lowest BCUT2D eigenvalue weighted by Gasteiger charge is -2.49. The number of hydrogen-bond acceptors (Lipinski definition) is 3. The Kier molecular flexibility index (Phi) is 4.15. The summed E-state index contributed by atoms with van der Waals surface area (Å²) >= 11 is 9.63. The van der Waals surface area contributed by atoms with Crippen LogP contribution in [0.15, 0.2) is 22.7 Å². The number of halogens is 2. The molecule has 5 heteroatoms. The summed E-state index contributed by atoms with van der Waals surface area (Å²) in [5.74, 6) is 0. The zero-order valence-corrected chi connectivity index (χ0v) is 13.1. The average Bonchev–Trinajstić information content (AvgIpc) is 2.43. The molecule has 3 aliphatic heterocycles. The highest BCUT2D eigenvalue weighted by molar-refractivity contribution is 9.10. The molecule has 0 aromatic heterocycles. The van der Waals surface area contributed by atoms with Gasteiger partial charge in [-0.3, -0.25) is 9.80 Å². The van der Waals surface area contributed by atoms with Gasteiger partial charge < -0.3 is 5.11 Å². The molecule has 0 aliphatic carbocycles. The molecule has 1 N–H and O–H groups in total. The van der Waals surface area contributed by atoms with Crippen LogP contribution in [0.2, 0.25) is 5.02 Å². The van der Waals surface area contributed by atoms with Crippen LogP contribution in [0.4, 0.5) is 0 Å². The lowest BCUT2D eigenvalue weighted by atomic mass is 9.97. The second-order valence-electron chi connectivity index (χ2n) is 5.41. The van der Waals surface area contributed by atoms with Gasteiger partial charge in [0.05, 0.1) is 6.10 Å². The summed E-state index contributed by atoms with van der Waals surface area (Å²) in [5, 5.41) is 11.2. The first-order valence-corrected chi connectivity index (χ1v) is 7.89. The number of nitrogens with zero attached hydrogens (tertiary/aromatic N) is 2. The van der Waals surface area contributed by atoms with Gasteiger partial charge in [-0.15, -0.1) is 0 Å². The number of aliphatic hydroxyl groups excluding tert-OH is 1. The highest BCUT2D eigenvalue weighted by Crippen LogP contribution is 2.25. The first-order chi connectivity index (χ1) is 9.13. The third-order valence-corrected chi connectivity index (χ3v) is 5.05. The summed E-state index contributed by atoms with van der Waals surface area (Å²) in [7, 11) is 0. The van der Waals surface area contributed by atoms with Crippen molar-refractivity contribution in [1.29, 1.82) is 0 Å². The quantitative estimate of drug-likeness (QED) is 0.908. The first-order valence-electron chi connectivity index (χ1n) is 6.72. The molecule has 3 heterocycles. The van der Waals surface area contributed by atoms with E-state index in [-0.39, 0.29) is 12.1 Å². The highest BCUT2D eigenvalue weighted by Gasteiger charge is 2.36. The smallest absolute Gasteiger partial charge is 0.0748 e. The van der Waals surface area contributed by atoms with Crippen molar-refractivity contribution in [3.63, 3.8) is 0 Å². The van der Waals surface area contributed by atoms with Crippen LogP contribution in [-0.2, 0) is 6.42 Å². The van der Waals surface area contributed by atoms with Crippen molar-refractivity contribution in [3.8, 4) is 0 Å².